The number of anilines is 1. The second-order valence-electron chi connectivity index (χ2n) is 4.27. The number of nitrogens with one attached hydrogen (secondary N) is 1. The molecule has 0 aliphatic rings. The largest absolute Gasteiger partial charge is 0.506 e. The molecule has 0 unspecified atom stereocenters. The minimum absolute atomic E-state index is 0.0150. The lowest BCUT2D eigenvalue weighted by atomic mass is 10.2. The van der Waals surface area contributed by atoms with E-state index >= 15 is 0 Å². The van der Waals surface area contributed by atoms with E-state index in [1.807, 2.05) is 0 Å². The number of rotatable bonds is 3. The van der Waals surface area contributed by atoms with Crippen LogP contribution < -0.4 is 5.43 Å². The second kappa shape index (κ2) is 6.70. The maximum absolute atomic E-state index is 12.4. The minimum atomic E-state index is -4.36. The first-order valence-electron chi connectivity index (χ1n) is 5.92. The smallest absolute Gasteiger partial charge is 0.416 e. The van der Waals surface area contributed by atoms with E-state index in [9.17, 15) is 18.3 Å². The van der Waals surface area contributed by atoms with Gasteiger partial charge in [-0.25, -0.2) is 0 Å². The Hall–Kier alpha value is -1.54. The molecule has 0 spiro atoms. The molecule has 0 saturated carbocycles. The van der Waals surface area contributed by atoms with E-state index in [1.165, 1.54) is 18.3 Å². The number of hydrogen-bond acceptors (Lipinski definition) is 3. The molecule has 0 bridgehead atoms. The molecule has 2 rings (SSSR count). The van der Waals surface area contributed by atoms with Crippen molar-refractivity contribution in [2.45, 2.75) is 6.18 Å². The highest BCUT2D eigenvalue weighted by atomic mass is 79.9. The van der Waals surface area contributed by atoms with Crippen LogP contribution in [-0.4, -0.2) is 11.3 Å². The summed E-state index contributed by atoms with van der Waals surface area (Å²) in [4.78, 5) is 0. The lowest BCUT2D eigenvalue weighted by molar-refractivity contribution is -0.137. The van der Waals surface area contributed by atoms with Crippen LogP contribution in [-0.2, 0) is 6.18 Å². The van der Waals surface area contributed by atoms with Crippen LogP contribution in [0.1, 0.15) is 11.1 Å². The lowest BCUT2D eigenvalue weighted by Gasteiger charge is -2.07. The van der Waals surface area contributed by atoms with Crippen LogP contribution in [0.3, 0.4) is 0 Å². The third kappa shape index (κ3) is 4.23. The molecule has 0 aliphatic carbocycles. The van der Waals surface area contributed by atoms with Crippen molar-refractivity contribution in [1.82, 2.24) is 0 Å². The van der Waals surface area contributed by atoms with Crippen molar-refractivity contribution in [2.75, 3.05) is 5.43 Å². The Morgan fingerprint density at radius 2 is 1.73 bits per heavy atom. The maximum Gasteiger partial charge on any atom is 0.416 e. The van der Waals surface area contributed by atoms with Crippen molar-refractivity contribution in [2.24, 2.45) is 5.10 Å². The summed E-state index contributed by atoms with van der Waals surface area (Å²) in [5, 5.41) is 13.7. The van der Waals surface area contributed by atoms with Gasteiger partial charge < -0.3 is 5.11 Å². The number of halogens is 5. The molecule has 0 aromatic heterocycles. The Balaban J connectivity index is 2.10. The first-order valence-corrected chi connectivity index (χ1v) is 7.50. The van der Waals surface area contributed by atoms with Crippen LogP contribution in [0, 0.1) is 0 Å². The molecule has 0 radical (unpaired) electrons. The van der Waals surface area contributed by atoms with E-state index in [0.717, 1.165) is 16.6 Å². The minimum Gasteiger partial charge on any atom is -0.506 e. The van der Waals surface area contributed by atoms with Gasteiger partial charge >= 0.3 is 6.18 Å². The molecular weight excluding hydrogens is 429 g/mol. The molecule has 8 heteroatoms. The first kappa shape index (κ1) is 16.8. The van der Waals surface area contributed by atoms with Crippen molar-refractivity contribution in [1.29, 1.82) is 0 Å². The molecule has 0 amide bonds. The third-order valence-corrected chi connectivity index (χ3v) is 3.73. The number of phenols is 1. The van der Waals surface area contributed by atoms with Gasteiger partial charge in [0.05, 0.1) is 21.9 Å². The number of nitrogens with zero attached hydrogens (tertiary/aromatic N) is 1. The Bertz CT molecular complexity index is 700. The summed E-state index contributed by atoms with van der Waals surface area (Å²) in [5.74, 6) is 0.0150. The van der Waals surface area contributed by atoms with Crippen molar-refractivity contribution in [3.05, 3.63) is 56.5 Å². The highest BCUT2D eigenvalue weighted by Crippen LogP contribution is 2.31. The van der Waals surface area contributed by atoms with Crippen molar-refractivity contribution in [3.8, 4) is 5.75 Å². The highest BCUT2D eigenvalue weighted by Gasteiger charge is 2.29. The van der Waals surface area contributed by atoms with E-state index in [2.05, 4.69) is 42.4 Å². The van der Waals surface area contributed by atoms with Crippen molar-refractivity contribution < 1.29 is 18.3 Å². The first-order chi connectivity index (χ1) is 10.3. The summed E-state index contributed by atoms with van der Waals surface area (Å²) in [6.07, 6.45) is -3.00. The molecule has 0 aliphatic heterocycles. The fourth-order valence-corrected chi connectivity index (χ4v) is 2.85. The van der Waals surface area contributed by atoms with E-state index in [4.69, 9.17) is 0 Å². The number of alkyl halides is 3. The molecule has 2 aromatic carbocycles. The molecule has 0 atom stereocenters. The van der Waals surface area contributed by atoms with Crippen LogP contribution >= 0.6 is 31.9 Å². The monoisotopic (exact) mass is 436 g/mol. The van der Waals surface area contributed by atoms with E-state index in [-0.39, 0.29) is 5.75 Å². The molecule has 22 heavy (non-hydrogen) atoms. The summed E-state index contributed by atoms with van der Waals surface area (Å²) < 4.78 is 38.5. The summed E-state index contributed by atoms with van der Waals surface area (Å²) in [6, 6.07) is 7.80. The SMILES string of the molecule is Oc1c(Br)cc(Br)cc1/C=N/Nc1ccc(C(F)(F)F)cc1. The Morgan fingerprint density at radius 3 is 2.32 bits per heavy atom. The van der Waals surface area contributed by atoms with Crippen molar-refractivity contribution in [3.63, 3.8) is 0 Å². The fourth-order valence-electron chi connectivity index (χ4n) is 1.59. The van der Waals surface area contributed by atoms with Crippen LogP contribution in [0.4, 0.5) is 18.9 Å². The molecular formula is C14H9Br2F3N2O. The van der Waals surface area contributed by atoms with E-state index in [0.29, 0.717) is 15.7 Å². The molecule has 0 heterocycles. The van der Waals surface area contributed by atoms with Gasteiger partial charge in [0, 0.05) is 10.0 Å². The number of benzene rings is 2. The molecule has 3 nitrogen and oxygen atoms in total. The van der Waals surface area contributed by atoms with Crippen LogP contribution in [0.25, 0.3) is 0 Å². The average molecular weight is 438 g/mol. The number of aromatic hydroxyl groups is 1. The van der Waals surface area contributed by atoms with Crippen LogP contribution in [0.2, 0.25) is 0 Å². The third-order valence-electron chi connectivity index (χ3n) is 2.67. The van der Waals surface area contributed by atoms with Gasteiger partial charge in [-0.05, 0) is 52.3 Å². The van der Waals surface area contributed by atoms with Gasteiger partial charge in [-0.2, -0.15) is 18.3 Å². The number of hydrogen-bond donors (Lipinski definition) is 2. The molecule has 2 N–H and O–H groups in total. The zero-order valence-electron chi connectivity index (χ0n) is 10.8. The molecule has 0 fully saturated rings. The Morgan fingerprint density at radius 1 is 1.09 bits per heavy atom. The van der Waals surface area contributed by atoms with Crippen LogP contribution in [0.15, 0.2) is 50.4 Å². The summed E-state index contributed by atoms with van der Waals surface area (Å²) >= 11 is 6.47. The van der Waals surface area contributed by atoms with Gasteiger partial charge in [-0.3, -0.25) is 5.43 Å². The number of hydrazone groups is 1. The predicted molar refractivity (Wildman–Crippen MR) is 86.2 cm³/mol. The Kier molecular flexibility index (Phi) is 5.12. The zero-order valence-corrected chi connectivity index (χ0v) is 14.0. The van der Waals surface area contributed by atoms with Gasteiger partial charge in [0.1, 0.15) is 5.75 Å². The zero-order chi connectivity index (χ0) is 16.3. The normalized spacial score (nSPS) is 11.9. The van der Waals surface area contributed by atoms with Gasteiger partial charge in [0.25, 0.3) is 0 Å². The lowest BCUT2D eigenvalue weighted by Crippen LogP contribution is -2.04. The summed E-state index contributed by atoms with van der Waals surface area (Å²) in [5.41, 5.74) is 2.72. The molecule has 116 valence electrons. The quantitative estimate of drug-likeness (QED) is 0.500. The van der Waals surface area contributed by atoms with Gasteiger partial charge in [-0.1, -0.05) is 15.9 Å². The molecule has 2 aromatic rings. The predicted octanol–water partition coefficient (Wildman–Crippen LogP) is 5.38. The maximum atomic E-state index is 12.4. The second-order valence-corrected chi connectivity index (χ2v) is 6.04. The van der Waals surface area contributed by atoms with Crippen molar-refractivity contribution >= 4 is 43.8 Å². The topological polar surface area (TPSA) is 44.6 Å². The van der Waals surface area contributed by atoms with E-state index < -0.39 is 11.7 Å². The average Bonchev–Trinajstić information content (AvgIpc) is 2.43. The van der Waals surface area contributed by atoms with Gasteiger partial charge in [-0.15, -0.1) is 0 Å². The standard InChI is InChI=1S/C14H9Br2F3N2O/c15-10-5-8(13(22)12(16)6-10)7-20-21-11-3-1-9(2-4-11)14(17,18)19/h1-7,21-22H/b20-7+. The number of phenolic OH excluding ortho intramolecular Hbond substituents is 1. The summed E-state index contributed by atoms with van der Waals surface area (Å²) in [6.45, 7) is 0. The highest BCUT2D eigenvalue weighted by molar-refractivity contribution is 9.11. The van der Waals surface area contributed by atoms with E-state index in [1.54, 1.807) is 12.1 Å². The Labute approximate surface area is 141 Å². The molecule has 0 saturated heterocycles. The van der Waals surface area contributed by atoms with Gasteiger partial charge in [0.2, 0.25) is 0 Å². The van der Waals surface area contributed by atoms with Gasteiger partial charge in [0.15, 0.2) is 0 Å². The summed E-state index contributed by atoms with van der Waals surface area (Å²) in [7, 11) is 0. The van der Waals surface area contributed by atoms with Crippen LogP contribution in [0.5, 0.6) is 5.75 Å². The fraction of sp³-hybridized carbons (Fsp3) is 0.0714.